The molecule has 0 unspecified atom stereocenters. The molecule has 1 aromatic carbocycles. The van der Waals surface area contributed by atoms with Crippen LogP contribution in [0.4, 0.5) is 15.9 Å². The molecule has 1 aromatic heterocycles. The summed E-state index contributed by atoms with van der Waals surface area (Å²) in [4.78, 5) is 8.93. The SMILES string of the molecule is Cc1cc(F)c(Br)cc1Nc1cc(Br)nc(C(C)(C)C)n1. The highest BCUT2D eigenvalue weighted by Crippen LogP contribution is 2.28. The van der Waals surface area contributed by atoms with Crippen LogP contribution in [0.15, 0.2) is 27.3 Å². The maximum absolute atomic E-state index is 13.5. The van der Waals surface area contributed by atoms with Gasteiger partial charge in [0.2, 0.25) is 0 Å². The highest BCUT2D eigenvalue weighted by atomic mass is 79.9. The molecule has 0 saturated carbocycles. The molecular weight excluding hydrogens is 401 g/mol. The second-order valence-electron chi connectivity index (χ2n) is 5.86. The molecule has 0 bridgehead atoms. The zero-order valence-corrected chi connectivity index (χ0v) is 15.4. The number of hydrogen-bond donors (Lipinski definition) is 1. The van der Waals surface area contributed by atoms with E-state index in [1.54, 1.807) is 12.1 Å². The lowest BCUT2D eigenvalue weighted by atomic mass is 9.96. The third-order valence-electron chi connectivity index (χ3n) is 2.90. The largest absolute Gasteiger partial charge is 0.340 e. The highest BCUT2D eigenvalue weighted by Gasteiger charge is 2.19. The molecule has 6 heteroatoms. The van der Waals surface area contributed by atoms with Gasteiger partial charge >= 0.3 is 0 Å². The molecule has 0 radical (unpaired) electrons. The smallest absolute Gasteiger partial charge is 0.137 e. The van der Waals surface area contributed by atoms with Crippen molar-refractivity contribution in [1.29, 1.82) is 0 Å². The second-order valence-corrected chi connectivity index (χ2v) is 7.52. The third-order valence-corrected chi connectivity index (χ3v) is 3.91. The molecule has 0 aliphatic heterocycles. The van der Waals surface area contributed by atoms with Crippen LogP contribution in [0.5, 0.6) is 0 Å². The number of halogens is 3. The lowest BCUT2D eigenvalue weighted by Gasteiger charge is -2.18. The first-order valence-electron chi connectivity index (χ1n) is 6.44. The quantitative estimate of drug-likeness (QED) is 0.657. The molecule has 0 aliphatic carbocycles. The van der Waals surface area contributed by atoms with Crippen molar-refractivity contribution in [3.63, 3.8) is 0 Å². The summed E-state index contributed by atoms with van der Waals surface area (Å²) in [6.45, 7) is 8.01. The van der Waals surface area contributed by atoms with Crippen LogP contribution in [0.3, 0.4) is 0 Å². The number of aromatic nitrogens is 2. The summed E-state index contributed by atoms with van der Waals surface area (Å²) in [5.41, 5.74) is 1.45. The Morgan fingerprint density at radius 3 is 2.38 bits per heavy atom. The molecule has 2 rings (SSSR count). The van der Waals surface area contributed by atoms with E-state index in [1.807, 2.05) is 6.92 Å². The number of nitrogens with zero attached hydrogens (tertiary/aromatic N) is 2. The van der Waals surface area contributed by atoms with Crippen LogP contribution < -0.4 is 5.32 Å². The van der Waals surface area contributed by atoms with Gasteiger partial charge in [0, 0.05) is 17.2 Å². The van der Waals surface area contributed by atoms with Gasteiger partial charge in [-0.3, -0.25) is 0 Å². The number of rotatable bonds is 2. The Labute approximate surface area is 140 Å². The average molecular weight is 417 g/mol. The van der Waals surface area contributed by atoms with E-state index in [9.17, 15) is 4.39 Å². The summed E-state index contributed by atoms with van der Waals surface area (Å²) >= 11 is 6.60. The fraction of sp³-hybridized carbons (Fsp3) is 0.333. The molecular formula is C15H16Br2FN3. The fourth-order valence-corrected chi connectivity index (χ4v) is 2.46. The molecule has 0 aliphatic rings. The first kappa shape index (κ1) is 16.4. The van der Waals surface area contributed by atoms with Crippen molar-refractivity contribution >= 4 is 43.4 Å². The number of nitrogens with one attached hydrogen (secondary N) is 1. The Morgan fingerprint density at radius 2 is 1.76 bits per heavy atom. The summed E-state index contributed by atoms with van der Waals surface area (Å²) in [7, 11) is 0. The van der Waals surface area contributed by atoms with Gasteiger partial charge in [-0.25, -0.2) is 14.4 Å². The van der Waals surface area contributed by atoms with Gasteiger partial charge in [0.05, 0.1) is 4.47 Å². The highest BCUT2D eigenvalue weighted by molar-refractivity contribution is 9.10. The molecule has 0 amide bonds. The summed E-state index contributed by atoms with van der Waals surface area (Å²) in [5.74, 6) is 1.12. The van der Waals surface area contributed by atoms with E-state index in [2.05, 4.69) is 67.9 Å². The zero-order chi connectivity index (χ0) is 15.8. The van der Waals surface area contributed by atoms with E-state index in [1.165, 1.54) is 6.07 Å². The molecule has 112 valence electrons. The minimum absolute atomic E-state index is 0.154. The third kappa shape index (κ3) is 4.01. The monoisotopic (exact) mass is 415 g/mol. The van der Waals surface area contributed by atoms with Crippen LogP contribution in [0, 0.1) is 12.7 Å². The van der Waals surface area contributed by atoms with Crippen molar-refractivity contribution in [3.05, 3.63) is 44.5 Å². The van der Waals surface area contributed by atoms with Gasteiger partial charge in [-0.05, 0) is 56.5 Å². The van der Waals surface area contributed by atoms with Gasteiger partial charge in [0.1, 0.15) is 22.1 Å². The minimum atomic E-state index is -0.280. The number of aryl methyl sites for hydroxylation is 1. The van der Waals surface area contributed by atoms with Gasteiger partial charge in [-0.15, -0.1) is 0 Å². The lowest BCUT2D eigenvalue weighted by molar-refractivity contribution is 0.544. The van der Waals surface area contributed by atoms with Crippen molar-refractivity contribution in [2.75, 3.05) is 5.32 Å². The van der Waals surface area contributed by atoms with Crippen LogP contribution >= 0.6 is 31.9 Å². The van der Waals surface area contributed by atoms with E-state index in [0.717, 1.165) is 17.1 Å². The van der Waals surface area contributed by atoms with Crippen molar-refractivity contribution < 1.29 is 4.39 Å². The van der Waals surface area contributed by atoms with E-state index >= 15 is 0 Å². The van der Waals surface area contributed by atoms with Crippen LogP contribution in [0.2, 0.25) is 0 Å². The molecule has 0 spiro atoms. The predicted molar refractivity (Wildman–Crippen MR) is 90.6 cm³/mol. The van der Waals surface area contributed by atoms with Gasteiger partial charge in [-0.1, -0.05) is 20.8 Å². The topological polar surface area (TPSA) is 37.8 Å². The summed E-state index contributed by atoms with van der Waals surface area (Å²) in [6, 6.07) is 4.98. The van der Waals surface area contributed by atoms with Gasteiger partial charge in [0.15, 0.2) is 0 Å². The van der Waals surface area contributed by atoms with Crippen molar-refractivity contribution in [1.82, 2.24) is 9.97 Å². The number of benzene rings is 1. The Hall–Kier alpha value is -1.01. The normalized spacial score (nSPS) is 11.6. The molecule has 0 saturated heterocycles. The number of hydrogen-bond acceptors (Lipinski definition) is 3. The van der Waals surface area contributed by atoms with Gasteiger partial charge in [-0.2, -0.15) is 0 Å². The Balaban J connectivity index is 2.40. The first-order valence-corrected chi connectivity index (χ1v) is 8.03. The Bertz CT molecular complexity index is 681. The van der Waals surface area contributed by atoms with Crippen LogP contribution in [0.1, 0.15) is 32.2 Å². The minimum Gasteiger partial charge on any atom is -0.340 e. The van der Waals surface area contributed by atoms with E-state index in [-0.39, 0.29) is 11.2 Å². The van der Waals surface area contributed by atoms with Gasteiger partial charge < -0.3 is 5.32 Å². The maximum atomic E-state index is 13.5. The summed E-state index contributed by atoms with van der Waals surface area (Å²) in [6.07, 6.45) is 0. The van der Waals surface area contributed by atoms with Gasteiger partial charge in [0.25, 0.3) is 0 Å². The molecule has 2 aromatic rings. The van der Waals surface area contributed by atoms with Crippen molar-refractivity contribution in [3.8, 4) is 0 Å². The fourth-order valence-electron chi connectivity index (χ4n) is 1.74. The van der Waals surface area contributed by atoms with E-state index in [4.69, 9.17) is 0 Å². The van der Waals surface area contributed by atoms with Crippen LogP contribution in [-0.2, 0) is 5.41 Å². The maximum Gasteiger partial charge on any atom is 0.137 e. The predicted octanol–water partition coefficient (Wildman–Crippen LogP) is 5.49. The second kappa shape index (κ2) is 6.01. The molecule has 3 nitrogen and oxygen atoms in total. The molecule has 1 heterocycles. The zero-order valence-electron chi connectivity index (χ0n) is 12.3. The van der Waals surface area contributed by atoms with E-state index in [0.29, 0.717) is 14.9 Å². The lowest BCUT2D eigenvalue weighted by Crippen LogP contribution is -2.17. The van der Waals surface area contributed by atoms with Crippen molar-refractivity contribution in [2.45, 2.75) is 33.1 Å². The first-order chi connectivity index (χ1) is 9.66. The number of anilines is 2. The molecule has 0 atom stereocenters. The standard InChI is InChI=1S/C15H16Br2FN3/c1-8-5-10(18)9(16)6-11(8)19-13-7-12(17)20-14(21-13)15(2,3)4/h5-7H,1-4H3,(H,19,20,21). The van der Waals surface area contributed by atoms with Crippen molar-refractivity contribution in [2.24, 2.45) is 0 Å². The Kier molecular flexibility index (Phi) is 4.68. The summed E-state index contributed by atoms with van der Waals surface area (Å²) in [5, 5.41) is 3.22. The molecule has 21 heavy (non-hydrogen) atoms. The van der Waals surface area contributed by atoms with Crippen LogP contribution in [-0.4, -0.2) is 9.97 Å². The molecule has 1 N–H and O–H groups in total. The molecule has 0 fully saturated rings. The average Bonchev–Trinajstić information content (AvgIpc) is 2.34. The van der Waals surface area contributed by atoms with E-state index < -0.39 is 0 Å². The summed E-state index contributed by atoms with van der Waals surface area (Å²) < 4.78 is 14.6. The van der Waals surface area contributed by atoms with Crippen LogP contribution in [0.25, 0.3) is 0 Å². The Morgan fingerprint density at radius 1 is 1.10 bits per heavy atom.